The Morgan fingerprint density at radius 2 is 2.00 bits per heavy atom. The van der Waals surface area contributed by atoms with Gasteiger partial charge in [-0.1, -0.05) is 45.0 Å². The maximum absolute atomic E-state index is 15.3. The summed E-state index contributed by atoms with van der Waals surface area (Å²) in [5, 5.41) is 3.09. The molecule has 3 fully saturated rings. The molecule has 3 heterocycles. The predicted molar refractivity (Wildman–Crippen MR) is 124 cm³/mol. The Labute approximate surface area is 190 Å². The van der Waals surface area contributed by atoms with Gasteiger partial charge in [-0.05, 0) is 84.5 Å². The zero-order chi connectivity index (χ0) is 22.5. The van der Waals surface area contributed by atoms with Crippen molar-refractivity contribution < 1.29 is 13.9 Å². The lowest BCUT2D eigenvalue weighted by Crippen LogP contribution is -2.53. The molecule has 4 nitrogen and oxygen atoms in total. The molecule has 1 aliphatic carbocycles. The lowest BCUT2D eigenvalue weighted by molar-refractivity contribution is -0.0349. The molecule has 4 aliphatic rings. The SMILES string of the molecule is CCc1cccc(-c2cc3c(cc2F)[C@H](NC(=O)O[C@@H]2CN4CCC2CC4)C(C)(C)C3)c1. The standard InChI is InChI=1S/C27H33FN2O2/c1-4-17-6-5-7-19(12-17)21-13-20-15-27(2,3)25(22(20)14-23(21)28)29-26(31)32-24-16-30-10-8-18(24)9-11-30/h5-7,12-14,18,24-25H,4,8-11,15-16H2,1-3H3,(H,29,31)/t24-,25+/m1/s1. The zero-order valence-corrected chi connectivity index (χ0v) is 19.3. The lowest BCUT2D eigenvalue weighted by Gasteiger charge is -2.44. The molecule has 0 spiro atoms. The second-order valence-electron chi connectivity index (χ2n) is 10.4. The molecule has 2 aromatic carbocycles. The van der Waals surface area contributed by atoms with Crippen LogP contribution >= 0.6 is 0 Å². The van der Waals surface area contributed by atoms with Gasteiger partial charge in [-0.3, -0.25) is 4.90 Å². The minimum absolute atomic E-state index is 0.0357. The number of carbonyl (C=O) groups is 1. The van der Waals surface area contributed by atoms with E-state index >= 15 is 4.39 Å². The minimum Gasteiger partial charge on any atom is -0.445 e. The van der Waals surface area contributed by atoms with Gasteiger partial charge in [-0.15, -0.1) is 0 Å². The number of nitrogens with zero attached hydrogens (tertiary/aromatic N) is 1. The third-order valence-corrected chi connectivity index (χ3v) is 7.73. The van der Waals surface area contributed by atoms with Crippen LogP contribution in [0.4, 0.5) is 9.18 Å². The molecular formula is C27H33FN2O2. The average molecular weight is 437 g/mol. The smallest absolute Gasteiger partial charge is 0.407 e. The van der Waals surface area contributed by atoms with Crippen molar-refractivity contribution in [2.75, 3.05) is 19.6 Å². The van der Waals surface area contributed by atoms with Crippen LogP contribution in [-0.4, -0.2) is 36.7 Å². The average Bonchev–Trinajstić information content (AvgIpc) is 3.03. The van der Waals surface area contributed by atoms with Gasteiger partial charge in [0.25, 0.3) is 0 Å². The maximum atomic E-state index is 15.3. The van der Waals surface area contributed by atoms with Gasteiger partial charge < -0.3 is 10.1 Å². The summed E-state index contributed by atoms with van der Waals surface area (Å²) in [5.41, 5.74) is 4.48. The van der Waals surface area contributed by atoms with Gasteiger partial charge in [0.05, 0.1) is 6.04 Å². The first kappa shape index (κ1) is 21.4. The second kappa shape index (κ2) is 8.18. The summed E-state index contributed by atoms with van der Waals surface area (Å²) < 4.78 is 21.1. The Hall–Kier alpha value is -2.40. The number of piperidine rings is 3. The topological polar surface area (TPSA) is 41.6 Å². The molecule has 32 heavy (non-hydrogen) atoms. The van der Waals surface area contributed by atoms with Crippen LogP contribution in [0.1, 0.15) is 56.3 Å². The Balaban J connectivity index is 1.37. The fourth-order valence-electron chi connectivity index (χ4n) is 5.86. The zero-order valence-electron chi connectivity index (χ0n) is 19.3. The highest BCUT2D eigenvalue weighted by Crippen LogP contribution is 2.47. The van der Waals surface area contributed by atoms with Crippen molar-refractivity contribution in [2.24, 2.45) is 11.3 Å². The van der Waals surface area contributed by atoms with Crippen LogP contribution in [0.2, 0.25) is 0 Å². The van der Waals surface area contributed by atoms with Crippen molar-refractivity contribution >= 4 is 6.09 Å². The molecule has 6 rings (SSSR count). The molecule has 5 heteroatoms. The van der Waals surface area contributed by atoms with Gasteiger partial charge in [0.2, 0.25) is 0 Å². The third-order valence-electron chi connectivity index (χ3n) is 7.73. The molecule has 0 aromatic heterocycles. The van der Waals surface area contributed by atoms with Gasteiger partial charge in [-0.25, -0.2) is 9.18 Å². The molecule has 3 aliphatic heterocycles. The summed E-state index contributed by atoms with van der Waals surface area (Å²) in [7, 11) is 0. The highest BCUT2D eigenvalue weighted by atomic mass is 19.1. The fourth-order valence-corrected chi connectivity index (χ4v) is 5.86. The van der Waals surface area contributed by atoms with E-state index in [2.05, 4.69) is 43.1 Å². The Kier molecular flexibility index (Phi) is 5.48. The summed E-state index contributed by atoms with van der Waals surface area (Å²) in [6.45, 7) is 9.41. The van der Waals surface area contributed by atoms with E-state index in [1.54, 1.807) is 6.07 Å². The number of halogens is 1. The van der Waals surface area contributed by atoms with Crippen molar-refractivity contribution in [3.05, 3.63) is 58.9 Å². The normalized spacial score (nSPS) is 27.8. The number of fused-ring (bicyclic) bond motifs is 4. The maximum Gasteiger partial charge on any atom is 0.407 e. The largest absolute Gasteiger partial charge is 0.445 e. The minimum atomic E-state index is -0.380. The Morgan fingerprint density at radius 1 is 1.22 bits per heavy atom. The summed E-state index contributed by atoms with van der Waals surface area (Å²) in [4.78, 5) is 15.2. The highest BCUT2D eigenvalue weighted by molar-refractivity contribution is 5.70. The number of nitrogens with one attached hydrogen (secondary N) is 1. The van der Waals surface area contributed by atoms with Crippen molar-refractivity contribution in [2.45, 2.75) is 58.6 Å². The van der Waals surface area contributed by atoms with Gasteiger partial charge >= 0.3 is 6.09 Å². The number of ether oxygens (including phenoxy) is 1. The molecule has 0 saturated carbocycles. The number of carbonyl (C=O) groups excluding carboxylic acids is 1. The van der Waals surface area contributed by atoms with Crippen LogP contribution in [0.5, 0.6) is 0 Å². The molecule has 0 radical (unpaired) electrons. The highest BCUT2D eigenvalue weighted by Gasteiger charge is 2.42. The van der Waals surface area contributed by atoms with E-state index in [1.807, 2.05) is 18.2 Å². The van der Waals surface area contributed by atoms with Crippen LogP contribution < -0.4 is 5.32 Å². The van der Waals surface area contributed by atoms with Crippen LogP contribution in [-0.2, 0) is 17.6 Å². The Morgan fingerprint density at radius 3 is 2.69 bits per heavy atom. The van der Waals surface area contributed by atoms with Crippen molar-refractivity contribution in [3.63, 3.8) is 0 Å². The molecule has 2 aromatic rings. The molecule has 1 amide bonds. The first-order valence-corrected chi connectivity index (χ1v) is 11.9. The number of amides is 1. The molecule has 3 saturated heterocycles. The summed E-state index contributed by atoms with van der Waals surface area (Å²) in [5.74, 6) is 0.223. The van der Waals surface area contributed by atoms with Gasteiger partial charge in [-0.2, -0.15) is 0 Å². The van der Waals surface area contributed by atoms with E-state index in [9.17, 15) is 4.79 Å². The molecule has 2 atom stereocenters. The van der Waals surface area contributed by atoms with E-state index in [0.717, 1.165) is 62.0 Å². The summed E-state index contributed by atoms with van der Waals surface area (Å²) in [6.07, 6.45) is 3.49. The van der Waals surface area contributed by atoms with Crippen LogP contribution in [0, 0.1) is 17.2 Å². The van der Waals surface area contributed by atoms with E-state index in [-0.39, 0.29) is 29.5 Å². The molecule has 0 unspecified atom stereocenters. The number of alkyl carbamates (subject to hydrolysis) is 1. The van der Waals surface area contributed by atoms with Crippen LogP contribution in [0.25, 0.3) is 11.1 Å². The number of aryl methyl sites for hydroxylation is 1. The monoisotopic (exact) mass is 436 g/mol. The molecule has 170 valence electrons. The fraction of sp³-hybridized carbons (Fsp3) is 0.519. The van der Waals surface area contributed by atoms with Gasteiger partial charge in [0.15, 0.2) is 0 Å². The number of hydrogen-bond donors (Lipinski definition) is 1. The first-order valence-electron chi connectivity index (χ1n) is 11.9. The molecule has 2 bridgehead atoms. The molecule has 1 N–H and O–H groups in total. The summed E-state index contributed by atoms with van der Waals surface area (Å²) in [6, 6.07) is 11.4. The number of hydrogen-bond acceptors (Lipinski definition) is 3. The Bertz CT molecular complexity index is 1030. The first-order chi connectivity index (χ1) is 15.3. The van der Waals surface area contributed by atoms with Crippen LogP contribution in [0.3, 0.4) is 0 Å². The van der Waals surface area contributed by atoms with E-state index < -0.39 is 0 Å². The second-order valence-corrected chi connectivity index (χ2v) is 10.4. The third kappa shape index (κ3) is 3.92. The van der Waals surface area contributed by atoms with Crippen molar-refractivity contribution in [1.29, 1.82) is 0 Å². The van der Waals surface area contributed by atoms with Crippen LogP contribution in [0.15, 0.2) is 36.4 Å². The lowest BCUT2D eigenvalue weighted by atomic mass is 9.85. The van der Waals surface area contributed by atoms with Gasteiger partial charge in [0, 0.05) is 12.1 Å². The predicted octanol–water partition coefficient (Wildman–Crippen LogP) is 5.50. The number of rotatable bonds is 4. The van der Waals surface area contributed by atoms with E-state index in [0.29, 0.717) is 11.5 Å². The summed E-state index contributed by atoms with van der Waals surface area (Å²) >= 11 is 0. The van der Waals surface area contributed by atoms with E-state index in [1.165, 1.54) is 5.56 Å². The van der Waals surface area contributed by atoms with Crippen molar-refractivity contribution in [3.8, 4) is 11.1 Å². The number of benzene rings is 2. The van der Waals surface area contributed by atoms with Gasteiger partial charge in [0.1, 0.15) is 11.9 Å². The van der Waals surface area contributed by atoms with E-state index in [4.69, 9.17) is 4.74 Å². The van der Waals surface area contributed by atoms with Crippen molar-refractivity contribution in [1.82, 2.24) is 10.2 Å². The molecular weight excluding hydrogens is 403 g/mol. The quantitative estimate of drug-likeness (QED) is 0.688.